The molecule has 0 spiro atoms. The number of carboxylic acid groups (broad SMARTS) is 1. The summed E-state index contributed by atoms with van der Waals surface area (Å²) in [6, 6.07) is -0.854. The van der Waals surface area contributed by atoms with E-state index in [1.165, 1.54) is 12.5 Å². The van der Waals surface area contributed by atoms with Gasteiger partial charge in [-0.05, 0) is 5.92 Å². The van der Waals surface area contributed by atoms with Gasteiger partial charge in [0.25, 0.3) is 0 Å². The Morgan fingerprint density at radius 3 is 1.92 bits per heavy atom. The Bertz CT molecular complexity index is 268. The van der Waals surface area contributed by atoms with Gasteiger partial charge in [-0.2, -0.15) is 0 Å². The summed E-state index contributed by atoms with van der Waals surface area (Å²) in [4.78, 5) is 10.6. The van der Waals surface area contributed by atoms with E-state index in [2.05, 4.69) is 4.36 Å². The smallest absolute Gasteiger partial charge is 0.329 e. The second-order valence-electron chi connectivity index (χ2n) is 3.31. The van der Waals surface area contributed by atoms with E-state index in [-0.39, 0.29) is 5.92 Å². The fourth-order valence-corrected chi connectivity index (χ4v) is 1.61. The second kappa shape index (κ2) is 3.89. The van der Waals surface area contributed by atoms with E-state index in [0.717, 1.165) is 0 Å². The standard InChI is InChI=1S/C7H15NO3S/c1-5(2)6(7(9)10)8-12(3,4)11/h5-6H,1-4H3,(H,9,10). The minimum atomic E-state index is -2.32. The minimum Gasteiger partial charge on any atom is -0.480 e. The van der Waals surface area contributed by atoms with Crippen LogP contribution >= 0.6 is 0 Å². The third kappa shape index (κ3) is 4.33. The predicted molar refractivity (Wildman–Crippen MR) is 48.7 cm³/mol. The maximum atomic E-state index is 11.2. The molecule has 0 aliphatic heterocycles. The monoisotopic (exact) mass is 193 g/mol. The lowest BCUT2D eigenvalue weighted by Gasteiger charge is -2.11. The van der Waals surface area contributed by atoms with Crippen molar-refractivity contribution in [3.63, 3.8) is 0 Å². The van der Waals surface area contributed by atoms with Gasteiger partial charge in [-0.1, -0.05) is 13.8 Å². The number of hydrogen-bond donors (Lipinski definition) is 1. The first-order chi connectivity index (χ1) is 5.24. The molecule has 1 N–H and O–H groups in total. The van der Waals surface area contributed by atoms with Crippen LogP contribution in [-0.2, 0) is 14.5 Å². The summed E-state index contributed by atoms with van der Waals surface area (Å²) >= 11 is 0. The Balaban J connectivity index is 4.81. The Hall–Kier alpha value is -0.580. The van der Waals surface area contributed by atoms with Crippen LogP contribution in [0.1, 0.15) is 13.8 Å². The zero-order valence-electron chi connectivity index (χ0n) is 7.77. The normalized spacial score (nSPS) is 14.4. The van der Waals surface area contributed by atoms with Crippen molar-refractivity contribution in [3.05, 3.63) is 0 Å². The molecular formula is C7H15NO3S. The number of aliphatic carboxylic acids is 1. The summed E-state index contributed by atoms with van der Waals surface area (Å²) in [6.07, 6.45) is 2.87. The molecule has 5 heteroatoms. The van der Waals surface area contributed by atoms with E-state index < -0.39 is 21.7 Å². The first-order valence-electron chi connectivity index (χ1n) is 3.63. The lowest BCUT2D eigenvalue weighted by molar-refractivity contribution is -0.139. The molecule has 0 saturated carbocycles. The Kier molecular flexibility index (Phi) is 3.70. The Morgan fingerprint density at radius 1 is 1.42 bits per heavy atom. The molecule has 0 fully saturated rings. The van der Waals surface area contributed by atoms with Crippen molar-refractivity contribution in [3.8, 4) is 0 Å². The summed E-state index contributed by atoms with van der Waals surface area (Å²) in [5.74, 6) is -1.13. The highest BCUT2D eigenvalue weighted by Gasteiger charge is 2.21. The lowest BCUT2D eigenvalue weighted by atomic mass is 10.1. The van der Waals surface area contributed by atoms with Gasteiger partial charge in [0.15, 0.2) is 6.04 Å². The molecule has 0 saturated heterocycles. The largest absolute Gasteiger partial charge is 0.480 e. The molecule has 0 rings (SSSR count). The second-order valence-corrected chi connectivity index (χ2v) is 5.89. The SMILES string of the molecule is CC(C)C(N=S(C)(C)=O)C(=O)O. The molecule has 0 aromatic carbocycles. The summed E-state index contributed by atoms with van der Waals surface area (Å²) in [6.45, 7) is 3.49. The van der Waals surface area contributed by atoms with Gasteiger partial charge in [-0.25, -0.2) is 9.16 Å². The molecule has 0 aromatic heterocycles. The van der Waals surface area contributed by atoms with E-state index >= 15 is 0 Å². The maximum absolute atomic E-state index is 11.2. The van der Waals surface area contributed by atoms with Crippen molar-refractivity contribution in [2.24, 2.45) is 10.3 Å². The molecule has 0 amide bonds. The molecule has 0 aliphatic carbocycles. The minimum absolute atomic E-state index is 0.122. The fourth-order valence-electron chi connectivity index (χ4n) is 0.725. The van der Waals surface area contributed by atoms with E-state index in [4.69, 9.17) is 5.11 Å². The van der Waals surface area contributed by atoms with E-state index in [1.807, 2.05) is 0 Å². The molecule has 1 unspecified atom stereocenters. The summed E-state index contributed by atoms with van der Waals surface area (Å²) in [5, 5.41) is 8.69. The van der Waals surface area contributed by atoms with E-state index in [9.17, 15) is 9.00 Å². The Morgan fingerprint density at radius 2 is 1.83 bits per heavy atom. The summed E-state index contributed by atoms with van der Waals surface area (Å²) < 4.78 is 14.9. The highest BCUT2D eigenvalue weighted by molar-refractivity contribution is 7.92. The topological polar surface area (TPSA) is 66.7 Å². The average molecular weight is 193 g/mol. The first kappa shape index (κ1) is 11.4. The number of nitrogens with zero attached hydrogens (tertiary/aromatic N) is 1. The van der Waals surface area contributed by atoms with Crippen LogP contribution in [0.25, 0.3) is 0 Å². The van der Waals surface area contributed by atoms with Crippen LogP contribution < -0.4 is 0 Å². The van der Waals surface area contributed by atoms with Crippen LogP contribution in [0.2, 0.25) is 0 Å². The van der Waals surface area contributed by atoms with Crippen LogP contribution in [0.15, 0.2) is 4.36 Å². The molecule has 12 heavy (non-hydrogen) atoms. The molecule has 0 radical (unpaired) electrons. The third-order valence-electron chi connectivity index (χ3n) is 1.25. The summed E-state index contributed by atoms with van der Waals surface area (Å²) in [7, 11) is -2.32. The van der Waals surface area contributed by atoms with Crippen molar-refractivity contribution >= 4 is 15.7 Å². The van der Waals surface area contributed by atoms with Gasteiger partial charge in [0.05, 0.1) is 0 Å². The zero-order chi connectivity index (χ0) is 9.94. The van der Waals surface area contributed by atoms with Gasteiger partial charge in [-0.3, -0.25) is 4.21 Å². The summed E-state index contributed by atoms with van der Waals surface area (Å²) in [5.41, 5.74) is 0. The molecule has 72 valence electrons. The molecule has 0 heterocycles. The number of hydrogen-bond acceptors (Lipinski definition) is 3. The van der Waals surface area contributed by atoms with Gasteiger partial charge < -0.3 is 5.11 Å². The Labute approximate surface area is 73.2 Å². The average Bonchev–Trinajstić information content (AvgIpc) is 1.79. The van der Waals surface area contributed by atoms with Crippen LogP contribution in [0.3, 0.4) is 0 Å². The fraction of sp³-hybridized carbons (Fsp3) is 0.857. The highest BCUT2D eigenvalue weighted by atomic mass is 32.2. The number of rotatable bonds is 3. The zero-order valence-corrected chi connectivity index (χ0v) is 8.59. The van der Waals surface area contributed by atoms with Crippen LogP contribution in [0.5, 0.6) is 0 Å². The number of carboxylic acids is 1. The van der Waals surface area contributed by atoms with Crippen molar-refractivity contribution in [1.29, 1.82) is 0 Å². The van der Waals surface area contributed by atoms with E-state index in [1.54, 1.807) is 13.8 Å². The molecule has 0 aromatic rings. The maximum Gasteiger partial charge on any atom is 0.329 e. The van der Waals surface area contributed by atoms with Gasteiger partial charge in [0.1, 0.15) is 0 Å². The lowest BCUT2D eigenvalue weighted by Crippen LogP contribution is -2.25. The van der Waals surface area contributed by atoms with Gasteiger partial charge >= 0.3 is 5.97 Å². The van der Waals surface area contributed by atoms with Gasteiger partial charge in [0, 0.05) is 22.2 Å². The predicted octanol–water partition coefficient (Wildman–Crippen LogP) is 0.823. The van der Waals surface area contributed by atoms with Crippen molar-refractivity contribution in [1.82, 2.24) is 0 Å². The molecule has 1 atom stereocenters. The molecular weight excluding hydrogens is 178 g/mol. The highest BCUT2D eigenvalue weighted by Crippen LogP contribution is 2.08. The van der Waals surface area contributed by atoms with E-state index in [0.29, 0.717) is 0 Å². The molecule has 0 aliphatic rings. The van der Waals surface area contributed by atoms with Gasteiger partial charge in [-0.15, -0.1) is 0 Å². The van der Waals surface area contributed by atoms with Gasteiger partial charge in [0.2, 0.25) is 0 Å². The molecule has 4 nitrogen and oxygen atoms in total. The van der Waals surface area contributed by atoms with Crippen molar-refractivity contribution < 1.29 is 14.1 Å². The third-order valence-corrected chi connectivity index (χ3v) is 1.99. The molecule has 0 bridgehead atoms. The van der Waals surface area contributed by atoms with Crippen LogP contribution in [0.4, 0.5) is 0 Å². The van der Waals surface area contributed by atoms with Crippen molar-refractivity contribution in [2.45, 2.75) is 19.9 Å². The van der Waals surface area contributed by atoms with Crippen molar-refractivity contribution in [2.75, 3.05) is 12.5 Å². The van der Waals surface area contributed by atoms with Crippen LogP contribution in [-0.4, -0.2) is 33.8 Å². The number of carbonyl (C=O) groups is 1. The van der Waals surface area contributed by atoms with Crippen LogP contribution in [0, 0.1) is 5.92 Å². The first-order valence-corrected chi connectivity index (χ1v) is 5.96. The quantitative estimate of drug-likeness (QED) is 0.721.